The van der Waals surface area contributed by atoms with E-state index in [1.54, 1.807) is 24.3 Å². The fourth-order valence-electron chi connectivity index (χ4n) is 17.7. The summed E-state index contributed by atoms with van der Waals surface area (Å²) in [6.45, 7) is 7.99. The van der Waals surface area contributed by atoms with Crippen molar-refractivity contribution in [2.45, 2.75) is 59.5 Å². The second-order valence-electron chi connectivity index (χ2n) is 28.0. The molecule has 0 amide bonds. The van der Waals surface area contributed by atoms with Gasteiger partial charge in [-0.1, -0.05) is 237 Å². The fraction of sp³-hybridized carbons (Fsp3) is 0.0860. The van der Waals surface area contributed by atoms with Crippen molar-refractivity contribution in [2.75, 3.05) is 9.80 Å². The van der Waals surface area contributed by atoms with Crippen LogP contribution in [0.25, 0.3) is 44.5 Å². The minimum Gasteiger partial charge on any atom is -0.457 e. The molecular weight excluding hydrogens is 1270 g/mol. The van der Waals surface area contributed by atoms with Crippen molar-refractivity contribution in [3.63, 3.8) is 0 Å². The maximum atomic E-state index is 17.4. The lowest BCUT2D eigenvalue weighted by molar-refractivity contribution is -0.105. The Balaban J connectivity index is 1.02. The number of anilines is 6. The van der Waals surface area contributed by atoms with Crippen molar-refractivity contribution in [3.8, 4) is 73.6 Å². The zero-order valence-corrected chi connectivity index (χ0v) is 57.2. The molecule has 0 saturated heterocycles. The van der Waals surface area contributed by atoms with Gasteiger partial charge in [-0.05, 0) is 179 Å². The number of hydrogen-bond acceptors (Lipinski definition) is 8. The fourth-order valence-corrected chi connectivity index (χ4v) is 19.5. The Morgan fingerprint density at radius 3 is 0.922 bits per heavy atom. The van der Waals surface area contributed by atoms with Crippen molar-refractivity contribution < 1.29 is 22.6 Å². The van der Waals surface area contributed by atoms with Gasteiger partial charge in [0, 0.05) is 33.4 Å². The smallest absolute Gasteiger partial charge is 0.209 e. The largest absolute Gasteiger partial charge is 0.457 e. The number of nitrogens with zero attached hydrogens (tertiary/aromatic N) is 3. The molecule has 0 aliphatic carbocycles. The molecule has 14 aromatic rings. The maximum Gasteiger partial charge on any atom is 0.209 e. The molecule has 5 heterocycles. The predicted molar refractivity (Wildman–Crippen MR) is 405 cm³/mol. The quantitative estimate of drug-likeness (QED) is 0.149. The van der Waals surface area contributed by atoms with Crippen LogP contribution in [0.1, 0.15) is 88.9 Å². The lowest BCUT2D eigenvalue weighted by atomic mass is 9.60. The van der Waals surface area contributed by atoms with Crippen molar-refractivity contribution in [2.24, 2.45) is 0 Å². The Morgan fingerprint density at radius 2 is 0.598 bits per heavy atom. The van der Waals surface area contributed by atoms with Crippen LogP contribution >= 0.6 is 0 Å². The third-order valence-electron chi connectivity index (χ3n) is 21.6. The first-order valence-corrected chi connectivity index (χ1v) is 36.1. The summed E-state index contributed by atoms with van der Waals surface area (Å²) in [5, 5.41) is 13.4. The summed E-state index contributed by atoms with van der Waals surface area (Å²) in [6, 6.07) is 113. The second kappa shape index (κ2) is 22.6. The first kappa shape index (κ1) is 60.8. The van der Waals surface area contributed by atoms with E-state index in [2.05, 4.69) is 246 Å². The highest BCUT2D eigenvalue weighted by atomic mass is 32.2. The van der Waals surface area contributed by atoms with Crippen LogP contribution in [-0.4, -0.2) is 8.42 Å². The van der Waals surface area contributed by atoms with Crippen molar-refractivity contribution in [1.29, 1.82) is 5.26 Å². The Morgan fingerprint density at radius 1 is 0.314 bits per heavy atom. The summed E-state index contributed by atoms with van der Waals surface area (Å²) in [4.78, 5) is 4.44. The zero-order valence-electron chi connectivity index (χ0n) is 56.4. The molecule has 0 unspecified atom stereocenters. The SMILES string of the molecule is CC1(C)OC(C)(C)c2c1c(N1c3ccc(-c4ccccc4)cc3C3(c4ccccc4Oc4ccccc43)c3cc(-c4ccccc4)ccc31)c(C#N)c(N1c3ccc(-c4ccccc4)cc3C3(c4ccccc4Oc4ccccc43)c3cc(-c4ccccc4)ccc31)c2S(=O)(=O)c1ccccc1. The minimum absolute atomic E-state index is 0.0282. The highest BCUT2D eigenvalue weighted by molar-refractivity contribution is 7.91. The molecule has 5 aliphatic heterocycles. The number of hydrogen-bond donors (Lipinski definition) is 0. The van der Waals surface area contributed by atoms with E-state index in [0.29, 0.717) is 51.2 Å². The Bertz CT molecular complexity index is 5690. The first-order valence-electron chi connectivity index (χ1n) is 34.6. The first-order chi connectivity index (χ1) is 49.8. The minimum atomic E-state index is -4.69. The average Bonchev–Trinajstić information content (AvgIpc) is 1.01. The van der Waals surface area contributed by atoms with Gasteiger partial charge >= 0.3 is 0 Å². The molecule has 14 aromatic carbocycles. The number of ether oxygens (including phenoxy) is 3. The van der Waals surface area contributed by atoms with Crippen molar-refractivity contribution in [3.05, 3.63) is 383 Å². The number of rotatable bonds is 8. The summed E-state index contributed by atoms with van der Waals surface area (Å²) in [7, 11) is -4.69. The van der Waals surface area contributed by atoms with Gasteiger partial charge in [-0.25, -0.2) is 8.42 Å². The lowest BCUT2D eigenvalue weighted by Gasteiger charge is -2.50. The van der Waals surface area contributed by atoms with E-state index < -0.39 is 31.9 Å². The van der Waals surface area contributed by atoms with E-state index in [-0.39, 0.29) is 21.0 Å². The molecule has 5 aliphatic rings. The molecule has 19 rings (SSSR count). The molecule has 8 nitrogen and oxygen atoms in total. The van der Waals surface area contributed by atoms with Gasteiger partial charge in [-0.3, -0.25) is 0 Å². The monoisotopic (exact) mass is 1340 g/mol. The normalized spacial score (nSPS) is 15.3. The van der Waals surface area contributed by atoms with Gasteiger partial charge in [0.05, 0.1) is 61.1 Å². The van der Waals surface area contributed by atoms with E-state index in [4.69, 9.17) is 14.2 Å². The van der Waals surface area contributed by atoms with E-state index in [1.807, 2.05) is 94.4 Å². The average molecular weight is 1340 g/mol. The lowest BCUT2D eigenvalue weighted by Crippen LogP contribution is -2.41. The summed E-state index contributed by atoms with van der Waals surface area (Å²) in [6.07, 6.45) is 0. The topological polar surface area (TPSA) is 92.1 Å². The third kappa shape index (κ3) is 8.67. The van der Waals surface area contributed by atoms with Gasteiger partial charge in [-0.2, -0.15) is 5.26 Å². The molecule has 488 valence electrons. The molecule has 2 spiro atoms. The highest BCUT2D eigenvalue weighted by Crippen LogP contribution is 2.70. The molecule has 0 atom stereocenters. The van der Waals surface area contributed by atoms with Gasteiger partial charge in [0.2, 0.25) is 9.84 Å². The Hall–Kier alpha value is -12.3. The standard InChI is InChI=1S/C93H65N3O5S/c1-90(2)85-86(91(3,4)101-90)89(102(97,98)67-36-18-9-19-37-67)88(96-79-52-48-65(61-32-14-7-15-33-61)56-75(79)93(76-57-66(49-53-80(76)96)62-34-16-8-17-35-62)71-40-22-26-44-83(71)100-84-45-27-23-41-72(84)93)68(58-94)87(85)95-77-50-46-63(59-28-10-5-11-29-59)54-73(77)92(74-55-64(47-51-78(74)95)60-30-12-6-13-31-60)69-38-20-24-42-81(69)99-82-43-25-21-39-70(82)92/h5-57H,1-4H3. The Kier molecular flexibility index (Phi) is 13.5. The molecular formula is C93H65N3O5S. The number of benzene rings is 14. The van der Waals surface area contributed by atoms with Crippen LogP contribution in [0.5, 0.6) is 23.0 Å². The van der Waals surface area contributed by atoms with Crippen molar-refractivity contribution in [1.82, 2.24) is 0 Å². The van der Waals surface area contributed by atoms with Crippen LogP contribution in [0.2, 0.25) is 0 Å². The number of sulfone groups is 1. The van der Waals surface area contributed by atoms with Gasteiger partial charge < -0.3 is 24.0 Å². The molecule has 0 radical (unpaired) electrons. The van der Waals surface area contributed by atoms with Gasteiger partial charge in [0.15, 0.2) is 0 Å². The molecule has 9 heteroatoms. The number of fused-ring (bicyclic) bond motifs is 17. The summed E-state index contributed by atoms with van der Waals surface area (Å²) < 4.78 is 56.4. The number of para-hydroxylation sites is 4. The molecule has 0 aromatic heterocycles. The van der Waals surface area contributed by atoms with E-state index >= 15 is 8.42 Å². The molecule has 0 bridgehead atoms. The Labute approximate surface area is 593 Å². The maximum absolute atomic E-state index is 17.4. The van der Waals surface area contributed by atoms with Crippen molar-refractivity contribution >= 4 is 44.0 Å². The summed E-state index contributed by atoms with van der Waals surface area (Å²) in [5.74, 6) is 2.79. The van der Waals surface area contributed by atoms with E-state index in [9.17, 15) is 5.26 Å². The van der Waals surface area contributed by atoms with Crippen LogP contribution in [-0.2, 0) is 36.6 Å². The molecule has 0 fully saturated rings. The van der Waals surface area contributed by atoms with Crippen LogP contribution in [0.15, 0.2) is 331 Å². The van der Waals surface area contributed by atoms with Crippen LogP contribution in [0.4, 0.5) is 34.1 Å². The number of nitriles is 1. The second-order valence-corrected chi connectivity index (χ2v) is 29.8. The van der Waals surface area contributed by atoms with Gasteiger partial charge in [0.25, 0.3) is 0 Å². The third-order valence-corrected chi connectivity index (χ3v) is 23.4. The molecule has 102 heavy (non-hydrogen) atoms. The summed E-state index contributed by atoms with van der Waals surface area (Å²) >= 11 is 0. The van der Waals surface area contributed by atoms with Crippen LogP contribution < -0.4 is 19.3 Å². The van der Waals surface area contributed by atoms with E-state index in [1.165, 1.54) is 0 Å². The van der Waals surface area contributed by atoms with Gasteiger partial charge in [0.1, 0.15) is 39.5 Å². The summed E-state index contributed by atoms with van der Waals surface area (Å²) in [5.41, 5.74) is 15.0. The predicted octanol–water partition coefficient (Wildman–Crippen LogP) is 23.1. The van der Waals surface area contributed by atoms with Gasteiger partial charge in [-0.15, -0.1) is 0 Å². The zero-order chi connectivity index (χ0) is 68.9. The van der Waals surface area contributed by atoms with Crippen LogP contribution in [0, 0.1) is 11.3 Å². The highest BCUT2D eigenvalue weighted by Gasteiger charge is 2.58. The van der Waals surface area contributed by atoms with Crippen LogP contribution in [0.3, 0.4) is 0 Å². The van der Waals surface area contributed by atoms with E-state index in [0.717, 1.165) is 100 Å². The molecule has 0 saturated carbocycles. The molecule has 0 N–H and O–H groups in total.